The molecule has 2 aromatic carbocycles. The Bertz CT molecular complexity index is 669. The first-order chi connectivity index (χ1) is 10.1. The van der Waals surface area contributed by atoms with Crippen molar-refractivity contribution in [3.8, 4) is 11.5 Å². The van der Waals surface area contributed by atoms with Crippen molar-refractivity contribution in [3.05, 3.63) is 58.6 Å². The lowest BCUT2D eigenvalue weighted by molar-refractivity contribution is 0.0955. The van der Waals surface area contributed by atoms with Crippen LogP contribution in [0.2, 0.25) is 5.02 Å². The number of carbonyl (C=O) groups excluding carboxylic acids is 1. The molecule has 0 spiro atoms. The zero-order chi connectivity index (χ0) is 15.2. The number of halogens is 1. The molecule has 2 aromatic rings. The van der Waals surface area contributed by atoms with E-state index >= 15 is 0 Å². The van der Waals surface area contributed by atoms with Crippen molar-refractivity contribution in [2.45, 2.75) is 0 Å². The first-order valence-electron chi connectivity index (χ1n) is 6.06. The maximum Gasteiger partial charge on any atom is 0.271 e. The van der Waals surface area contributed by atoms with E-state index in [2.05, 4.69) is 10.5 Å². The van der Waals surface area contributed by atoms with Gasteiger partial charge in [-0.15, -0.1) is 0 Å². The maximum atomic E-state index is 11.8. The van der Waals surface area contributed by atoms with Gasteiger partial charge >= 0.3 is 0 Å². The summed E-state index contributed by atoms with van der Waals surface area (Å²) in [6.45, 7) is 0. The van der Waals surface area contributed by atoms with Gasteiger partial charge in [0.25, 0.3) is 5.91 Å². The molecule has 0 heterocycles. The Morgan fingerprint density at radius 1 is 1.29 bits per heavy atom. The molecule has 5 nitrogen and oxygen atoms in total. The highest BCUT2D eigenvalue weighted by atomic mass is 35.5. The summed E-state index contributed by atoms with van der Waals surface area (Å²) >= 11 is 5.75. The number of benzene rings is 2. The molecular formula is C15H13ClN2O3. The monoisotopic (exact) mass is 304 g/mol. The Labute approximate surface area is 126 Å². The average Bonchev–Trinajstić information content (AvgIpc) is 2.49. The molecular weight excluding hydrogens is 292 g/mol. The molecule has 0 saturated heterocycles. The van der Waals surface area contributed by atoms with Crippen molar-refractivity contribution in [3.63, 3.8) is 0 Å². The van der Waals surface area contributed by atoms with Gasteiger partial charge in [0.15, 0.2) is 11.5 Å². The zero-order valence-corrected chi connectivity index (χ0v) is 12.0. The number of phenols is 1. The summed E-state index contributed by atoms with van der Waals surface area (Å²) in [6.07, 6.45) is 1.45. The third kappa shape index (κ3) is 3.97. The average molecular weight is 305 g/mol. The number of ether oxygens (including phenoxy) is 1. The van der Waals surface area contributed by atoms with Crippen LogP contribution in [0.25, 0.3) is 0 Å². The Kier molecular flexibility index (Phi) is 4.79. The minimum absolute atomic E-state index is 0.0415. The fourth-order valence-electron chi connectivity index (χ4n) is 1.61. The van der Waals surface area contributed by atoms with E-state index in [1.54, 1.807) is 36.4 Å². The number of hydrogen-bond donors (Lipinski definition) is 2. The Morgan fingerprint density at radius 2 is 2.00 bits per heavy atom. The topological polar surface area (TPSA) is 70.9 Å². The highest BCUT2D eigenvalue weighted by Gasteiger charge is 2.04. The van der Waals surface area contributed by atoms with Crippen molar-refractivity contribution in [2.24, 2.45) is 5.10 Å². The van der Waals surface area contributed by atoms with Gasteiger partial charge in [-0.25, -0.2) is 5.43 Å². The van der Waals surface area contributed by atoms with Crippen molar-refractivity contribution in [2.75, 3.05) is 7.11 Å². The molecule has 2 rings (SSSR count). The molecule has 0 aliphatic carbocycles. The highest BCUT2D eigenvalue weighted by molar-refractivity contribution is 6.30. The first kappa shape index (κ1) is 14.9. The number of carbonyl (C=O) groups is 1. The van der Waals surface area contributed by atoms with Crippen molar-refractivity contribution in [1.29, 1.82) is 0 Å². The number of hydrogen-bond acceptors (Lipinski definition) is 4. The van der Waals surface area contributed by atoms with Crippen LogP contribution in [0.4, 0.5) is 0 Å². The van der Waals surface area contributed by atoms with Gasteiger partial charge in [-0.05, 0) is 48.0 Å². The van der Waals surface area contributed by atoms with Gasteiger partial charge in [0, 0.05) is 10.6 Å². The smallest absolute Gasteiger partial charge is 0.271 e. The normalized spacial score (nSPS) is 10.6. The number of nitrogens with zero attached hydrogens (tertiary/aromatic N) is 1. The molecule has 0 unspecified atom stereocenters. The molecule has 2 N–H and O–H groups in total. The lowest BCUT2D eigenvalue weighted by Crippen LogP contribution is -2.17. The van der Waals surface area contributed by atoms with E-state index in [1.165, 1.54) is 19.4 Å². The number of rotatable bonds is 4. The molecule has 21 heavy (non-hydrogen) atoms. The highest BCUT2D eigenvalue weighted by Crippen LogP contribution is 2.25. The second kappa shape index (κ2) is 6.76. The number of aromatic hydroxyl groups is 1. The number of phenolic OH excluding ortho intramolecular Hbond substituents is 1. The molecule has 0 aromatic heterocycles. The fraction of sp³-hybridized carbons (Fsp3) is 0.0667. The van der Waals surface area contributed by atoms with Crippen molar-refractivity contribution >= 4 is 23.7 Å². The Morgan fingerprint density at radius 3 is 2.67 bits per heavy atom. The van der Waals surface area contributed by atoms with Gasteiger partial charge in [0.05, 0.1) is 13.3 Å². The van der Waals surface area contributed by atoms with Crippen LogP contribution >= 0.6 is 11.6 Å². The quantitative estimate of drug-likeness (QED) is 0.674. The third-order valence-electron chi connectivity index (χ3n) is 2.69. The molecule has 108 valence electrons. The summed E-state index contributed by atoms with van der Waals surface area (Å²) in [5.41, 5.74) is 3.54. The molecule has 0 radical (unpaired) electrons. The first-order valence-corrected chi connectivity index (χ1v) is 6.44. The minimum Gasteiger partial charge on any atom is -0.504 e. The van der Waals surface area contributed by atoms with Crippen LogP contribution in [0.15, 0.2) is 47.6 Å². The van der Waals surface area contributed by atoms with Crippen LogP contribution in [0.5, 0.6) is 11.5 Å². The minimum atomic E-state index is -0.339. The van der Waals surface area contributed by atoms with Gasteiger partial charge in [-0.1, -0.05) is 11.6 Å². The number of methoxy groups -OCH3 is 1. The van der Waals surface area contributed by atoms with E-state index in [1.807, 2.05) is 0 Å². The molecule has 0 saturated carbocycles. The van der Waals surface area contributed by atoms with E-state index in [0.29, 0.717) is 21.9 Å². The van der Waals surface area contributed by atoms with Gasteiger partial charge in [0.2, 0.25) is 0 Å². The van der Waals surface area contributed by atoms with Gasteiger partial charge < -0.3 is 9.84 Å². The third-order valence-corrected chi connectivity index (χ3v) is 2.94. The van der Waals surface area contributed by atoms with Gasteiger partial charge in [-0.3, -0.25) is 4.79 Å². The van der Waals surface area contributed by atoms with E-state index in [9.17, 15) is 9.90 Å². The van der Waals surface area contributed by atoms with E-state index < -0.39 is 0 Å². The van der Waals surface area contributed by atoms with Crippen molar-refractivity contribution < 1.29 is 14.6 Å². The Balaban J connectivity index is 2.02. The van der Waals surface area contributed by atoms with E-state index in [4.69, 9.17) is 16.3 Å². The van der Waals surface area contributed by atoms with Crippen molar-refractivity contribution in [1.82, 2.24) is 5.43 Å². The molecule has 0 atom stereocenters. The van der Waals surface area contributed by atoms with Crippen LogP contribution in [0.1, 0.15) is 15.9 Å². The van der Waals surface area contributed by atoms with E-state index in [-0.39, 0.29) is 11.7 Å². The standard InChI is InChI=1S/C15H13ClN2O3/c1-21-14-8-10(2-7-13(14)19)9-17-18-15(20)11-3-5-12(16)6-4-11/h2-9,19H,1H3,(H,18,20)/b17-9-. The molecule has 6 heteroatoms. The van der Waals surface area contributed by atoms with Gasteiger partial charge in [0.1, 0.15) is 0 Å². The summed E-state index contributed by atoms with van der Waals surface area (Å²) in [5.74, 6) is 0.0384. The number of nitrogens with one attached hydrogen (secondary N) is 1. The van der Waals surface area contributed by atoms with Crippen LogP contribution in [-0.4, -0.2) is 24.3 Å². The number of amides is 1. The zero-order valence-electron chi connectivity index (χ0n) is 11.2. The van der Waals surface area contributed by atoms with Gasteiger partial charge in [-0.2, -0.15) is 5.10 Å². The second-order valence-corrected chi connectivity index (χ2v) is 4.57. The predicted molar refractivity (Wildman–Crippen MR) is 81.2 cm³/mol. The van der Waals surface area contributed by atoms with Crippen LogP contribution in [-0.2, 0) is 0 Å². The van der Waals surface area contributed by atoms with Crippen LogP contribution < -0.4 is 10.2 Å². The lowest BCUT2D eigenvalue weighted by Gasteiger charge is -2.03. The number of hydrazone groups is 1. The largest absolute Gasteiger partial charge is 0.504 e. The molecule has 0 aliphatic heterocycles. The summed E-state index contributed by atoms with van der Waals surface area (Å²) in [5, 5.41) is 13.9. The summed E-state index contributed by atoms with van der Waals surface area (Å²) in [4.78, 5) is 11.8. The Hall–Kier alpha value is -2.53. The maximum absolute atomic E-state index is 11.8. The van der Waals surface area contributed by atoms with Crippen LogP contribution in [0.3, 0.4) is 0 Å². The molecule has 0 bridgehead atoms. The van der Waals surface area contributed by atoms with E-state index in [0.717, 1.165) is 0 Å². The lowest BCUT2D eigenvalue weighted by atomic mass is 10.2. The summed E-state index contributed by atoms with van der Waals surface area (Å²) in [7, 11) is 1.46. The predicted octanol–water partition coefficient (Wildman–Crippen LogP) is 2.82. The van der Waals surface area contributed by atoms with Crippen LogP contribution in [0, 0.1) is 0 Å². The second-order valence-electron chi connectivity index (χ2n) is 4.14. The SMILES string of the molecule is COc1cc(/C=N\NC(=O)c2ccc(Cl)cc2)ccc1O. The molecule has 1 amide bonds. The molecule has 0 aliphatic rings. The molecule has 0 fully saturated rings. The summed E-state index contributed by atoms with van der Waals surface area (Å²) < 4.78 is 4.98. The summed E-state index contributed by atoms with van der Waals surface area (Å²) in [6, 6.07) is 11.2. The fourth-order valence-corrected chi connectivity index (χ4v) is 1.73.